The Morgan fingerprint density at radius 3 is 2.10 bits per heavy atom. The molecule has 0 atom stereocenters. The van der Waals surface area contributed by atoms with Crippen LogP contribution in [0.3, 0.4) is 0 Å². The van der Waals surface area contributed by atoms with Crippen LogP contribution >= 0.6 is 0 Å². The van der Waals surface area contributed by atoms with Crippen LogP contribution in [0.5, 0.6) is 23.0 Å². The lowest BCUT2D eigenvalue weighted by Gasteiger charge is -2.19. The summed E-state index contributed by atoms with van der Waals surface area (Å²) >= 11 is 0. The number of aromatic amines is 1. The zero-order valence-electron chi connectivity index (χ0n) is 18.7. The van der Waals surface area contributed by atoms with Crippen molar-refractivity contribution in [2.75, 3.05) is 33.8 Å². The van der Waals surface area contributed by atoms with Gasteiger partial charge in [0.25, 0.3) is 0 Å². The Bertz CT molecular complexity index is 1220. The van der Waals surface area contributed by atoms with Crippen molar-refractivity contribution in [3.63, 3.8) is 0 Å². The molecule has 0 aliphatic carbocycles. The number of methoxy groups -OCH3 is 4. The van der Waals surface area contributed by atoms with Crippen molar-refractivity contribution in [1.82, 2.24) is 9.97 Å². The number of imidazole rings is 1. The molecule has 3 aromatic carbocycles. The number of aromatic nitrogens is 2. The third-order valence-electron chi connectivity index (χ3n) is 5.61. The molecule has 0 saturated carbocycles. The van der Waals surface area contributed by atoms with Crippen LogP contribution in [0.2, 0.25) is 0 Å². The number of ether oxygens (including phenoxy) is 4. The van der Waals surface area contributed by atoms with E-state index in [1.165, 1.54) is 11.1 Å². The van der Waals surface area contributed by atoms with Crippen LogP contribution in [0.25, 0.3) is 21.8 Å². The molecule has 0 fully saturated rings. The zero-order valence-corrected chi connectivity index (χ0v) is 18.7. The molecule has 0 aliphatic rings. The highest BCUT2D eigenvalue weighted by Crippen LogP contribution is 2.46. The van der Waals surface area contributed by atoms with Crippen molar-refractivity contribution in [3.05, 3.63) is 47.0 Å². The molecule has 4 rings (SSSR count). The second-order valence-corrected chi connectivity index (χ2v) is 7.38. The molecule has 0 saturated heterocycles. The van der Waals surface area contributed by atoms with Gasteiger partial charge in [-0.05, 0) is 55.3 Å². The number of aryl methyl sites for hydroxylation is 2. The molecule has 0 unspecified atom stereocenters. The first-order valence-corrected chi connectivity index (χ1v) is 10.00. The van der Waals surface area contributed by atoms with E-state index in [2.05, 4.69) is 41.3 Å². The summed E-state index contributed by atoms with van der Waals surface area (Å²) in [5.74, 6) is 3.44. The number of rotatable bonds is 7. The van der Waals surface area contributed by atoms with E-state index in [1.807, 2.05) is 18.2 Å². The number of hydrogen-bond acceptors (Lipinski definition) is 6. The minimum atomic E-state index is 0.480. The van der Waals surface area contributed by atoms with E-state index >= 15 is 0 Å². The average molecular weight is 421 g/mol. The number of fused-ring (bicyclic) bond motifs is 2. The third kappa shape index (κ3) is 3.56. The lowest BCUT2D eigenvalue weighted by molar-refractivity contribution is 0.390. The summed E-state index contributed by atoms with van der Waals surface area (Å²) in [6.45, 7) is 4.66. The fraction of sp³-hybridized carbons (Fsp3) is 0.292. The second-order valence-electron chi connectivity index (χ2n) is 7.38. The zero-order chi connectivity index (χ0) is 22.1. The second kappa shape index (κ2) is 8.26. The van der Waals surface area contributed by atoms with Gasteiger partial charge in [-0.3, -0.25) is 0 Å². The summed E-state index contributed by atoms with van der Waals surface area (Å²) in [7, 11) is 6.56. The molecule has 1 heterocycles. The molecule has 0 aliphatic heterocycles. The van der Waals surface area contributed by atoms with Gasteiger partial charge in [-0.2, -0.15) is 0 Å². The number of nitrogens with zero attached hydrogens (tertiary/aromatic N) is 1. The van der Waals surface area contributed by atoms with Crippen molar-refractivity contribution in [3.8, 4) is 23.0 Å². The molecule has 0 amide bonds. The van der Waals surface area contributed by atoms with Gasteiger partial charge in [-0.25, -0.2) is 4.98 Å². The van der Waals surface area contributed by atoms with E-state index in [9.17, 15) is 0 Å². The predicted molar refractivity (Wildman–Crippen MR) is 123 cm³/mol. The predicted octanol–water partition coefficient (Wildman–Crippen LogP) is 4.98. The molecule has 31 heavy (non-hydrogen) atoms. The molecule has 2 N–H and O–H groups in total. The van der Waals surface area contributed by atoms with E-state index in [0.717, 1.165) is 27.4 Å². The van der Waals surface area contributed by atoms with Gasteiger partial charge < -0.3 is 29.2 Å². The summed E-state index contributed by atoms with van der Waals surface area (Å²) in [5.41, 5.74) is 5.28. The highest BCUT2D eigenvalue weighted by atomic mass is 16.5. The highest BCUT2D eigenvalue weighted by Gasteiger charge is 2.21. The first kappa shape index (κ1) is 20.7. The molecule has 0 radical (unpaired) electrons. The van der Waals surface area contributed by atoms with Crippen molar-refractivity contribution in [1.29, 1.82) is 0 Å². The quantitative estimate of drug-likeness (QED) is 0.438. The molecule has 7 heteroatoms. The van der Waals surface area contributed by atoms with Crippen molar-refractivity contribution < 1.29 is 18.9 Å². The van der Waals surface area contributed by atoms with Crippen molar-refractivity contribution in [2.45, 2.75) is 20.4 Å². The normalized spacial score (nSPS) is 11.0. The van der Waals surface area contributed by atoms with Gasteiger partial charge in [0.15, 0.2) is 0 Å². The fourth-order valence-corrected chi connectivity index (χ4v) is 3.89. The van der Waals surface area contributed by atoms with Gasteiger partial charge in [0.2, 0.25) is 5.95 Å². The molecule has 162 valence electrons. The first-order chi connectivity index (χ1) is 15.0. The van der Waals surface area contributed by atoms with Gasteiger partial charge in [0.1, 0.15) is 23.0 Å². The van der Waals surface area contributed by atoms with Gasteiger partial charge in [0, 0.05) is 12.1 Å². The number of hydrogen-bond donors (Lipinski definition) is 2. The minimum Gasteiger partial charge on any atom is -0.496 e. The summed E-state index contributed by atoms with van der Waals surface area (Å²) in [6, 6.07) is 9.87. The Labute approximate surface area is 181 Å². The lowest BCUT2D eigenvalue weighted by Crippen LogP contribution is -2.05. The van der Waals surface area contributed by atoms with E-state index in [0.29, 0.717) is 35.5 Å². The van der Waals surface area contributed by atoms with Crippen LogP contribution in [-0.2, 0) is 6.54 Å². The molecule has 0 bridgehead atoms. The smallest absolute Gasteiger partial charge is 0.201 e. The summed E-state index contributed by atoms with van der Waals surface area (Å²) in [5, 5.41) is 4.98. The van der Waals surface area contributed by atoms with Crippen LogP contribution < -0.4 is 24.3 Å². The Morgan fingerprint density at radius 1 is 0.806 bits per heavy atom. The fourth-order valence-electron chi connectivity index (χ4n) is 3.89. The summed E-state index contributed by atoms with van der Waals surface area (Å²) in [6.07, 6.45) is 0. The van der Waals surface area contributed by atoms with Crippen LogP contribution in [-0.4, -0.2) is 38.4 Å². The molecule has 7 nitrogen and oxygen atoms in total. The first-order valence-electron chi connectivity index (χ1n) is 10.00. The Kier molecular flexibility index (Phi) is 5.50. The SMILES string of the molecule is COc1ccc(OC)c2c(OC)c(CNc3nc4cc(C)c(C)cc4[nH]3)cc(OC)c12. The monoisotopic (exact) mass is 421 g/mol. The minimum absolute atomic E-state index is 0.480. The third-order valence-corrected chi connectivity index (χ3v) is 5.61. The van der Waals surface area contributed by atoms with Crippen LogP contribution in [0.4, 0.5) is 5.95 Å². The lowest BCUT2D eigenvalue weighted by atomic mass is 10.0. The van der Waals surface area contributed by atoms with E-state index < -0.39 is 0 Å². The number of H-pyrrole nitrogens is 1. The highest BCUT2D eigenvalue weighted by molar-refractivity contribution is 6.03. The molecular formula is C24H27N3O4. The van der Waals surface area contributed by atoms with E-state index in [-0.39, 0.29) is 0 Å². The summed E-state index contributed by atoms with van der Waals surface area (Å²) in [4.78, 5) is 8.01. The maximum atomic E-state index is 5.82. The van der Waals surface area contributed by atoms with Crippen molar-refractivity contribution in [2.24, 2.45) is 0 Å². The van der Waals surface area contributed by atoms with Crippen LogP contribution in [0.15, 0.2) is 30.3 Å². The Balaban J connectivity index is 1.78. The van der Waals surface area contributed by atoms with Gasteiger partial charge in [-0.15, -0.1) is 0 Å². The Hall–Kier alpha value is -3.61. The van der Waals surface area contributed by atoms with E-state index in [4.69, 9.17) is 18.9 Å². The number of anilines is 1. The maximum Gasteiger partial charge on any atom is 0.201 e. The number of nitrogens with one attached hydrogen (secondary N) is 2. The largest absolute Gasteiger partial charge is 0.496 e. The van der Waals surface area contributed by atoms with Crippen molar-refractivity contribution >= 4 is 27.8 Å². The molecule has 0 spiro atoms. The van der Waals surface area contributed by atoms with Crippen LogP contribution in [0, 0.1) is 13.8 Å². The van der Waals surface area contributed by atoms with Gasteiger partial charge in [-0.1, -0.05) is 0 Å². The Morgan fingerprint density at radius 2 is 1.45 bits per heavy atom. The average Bonchev–Trinajstić information content (AvgIpc) is 3.17. The maximum absolute atomic E-state index is 5.82. The molecule has 1 aromatic heterocycles. The topological polar surface area (TPSA) is 77.6 Å². The number of benzene rings is 3. The van der Waals surface area contributed by atoms with E-state index in [1.54, 1.807) is 28.4 Å². The van der Waals surface area contributed by atoms with Gasteiger partial charge >= 0.3 is 0 Å². The summed E-state index contributed by atoms with van der Waals surface area (Å²) < 4.78 is 22.7. The van der Waals surface area contributed by atoms with Gasteiger partial charge in [0.05, 0.1) is 50.2 Å². The molecule has 4 aromatic rings. The van der Waals surface area contributed by atoms with Crippen LogP contribution in [0.1, 0.15) is 16.7 Å². The standard InChI is InChI=1S/C24H27N3O4/c1-13-9-16-17(10-14(13)2)27-24(26-16)25-12-15-11-20(30-5)21-18(28-3)7-8-19(29-4)22(21)23(15)31-6/h7-11H,12H2,1-6H3,(H2,25,26,27). The molecular weight excluding hydrogens is 394 g/mol.